The second kappa shape index (κ2) is 8.71. The van der Waals surface area contributed by atoms with E-state index in [0.29, 0.717) is 13.0 Å². The van der Waals surface area contributed by atoms with Crippen molar-refractivity contribution >= 4 is 22.0 Å². The van der Waals surface area contributed by atoms with E-state index in [1.165, 1.54) is 4.90 Å². The Labute approximate surface area is 158 Å². The molecule has 0 spiro atoms. The van der Waals surface area contributed by atoms with Gasteiger partial charge in [0.15, 0.2) is 0 Å². The maximum atomic E-state index is 12.2. The summed E-state index contributed by atoms with van der Waals surface area (Å²) in [5.74, 6) is -0.532. The van der Waals surface area contributed by atoms with Crippen molar-refractivity contribution in [3.63, 3.8) is 0 Å². The van der Waals surface area contributed by atoms with Gasteiger partial charge in [-0.1, -0.05) is 30.3 Å². The Morgan fingerprint density at radius 1 is 1.22 bits per heavy atom. The van der Waals surface area contributed by atoms with Crippen molar-refractivity contribution in [1.29, 1.82) is 0 Å². The second-order valence-corrected chi connectivity index (χ2v) is 8.77. The summed E-state index contributed by atoms with van der Waals surface area (Å²) in [5, 5.41) is -0.798. The van der Waals surface area contributed by atoms with Crippen LogP contribution in [0.15, 0.2) is 30.3 Å². The minimum Gasteiger partial charge on any atom is -0.445 e. The van der Waals surface area contributed by atoms with E-state index < -0.39 is 27.3 Å². The van der Waals surface area contributed by atoms with E-state index in [1.807, 2.05) is 30.3 Å². The molecule has 3 rings (SSSR count). The van der Waals surface area contributed by atoms with E-state index in [-0.39, 0.29) is 32.2 Å². The molecule has 1 N–H and O–H groups in total. The van der Waals surface area contributed by atoms with Gasteiger partial charge in [0.05, 0.1) is 6.10 Å². The Kier molecular flexibility index (Phi) is 6.33. The highest BCUT2D eigenvalue weighted by Crippen LogP contribution is 2.19. The Hall–Kier alpha value is -2.13. The standard InChI is InChI=1S/C18H24N2O6S/c21-17(9-8-15-7-4-10-25-15)19-27(23,24)16-11-20(12-16)18(22)26-13-14-5-2-1-3-6-14/h1-3,5-6,15-16H,4,7-13H2,(H,19,21)/t15-/m1/s1. The SMILES string of the molecule is O=C(CC[C@H]1CCCO1)NS(=O)(=O)C1CN(C(=O)OCc2ccccc2)C1. The van der Waals surface area contributed by atoms with Gasteiger partial charge in [0.1, 0.15) is 11.9 Å². The van der Waals surface area contributed by atoms with Crippen LogP contribution in [0.25, 0.3) is 0 Å². The molecule has 1 aromatic rings. The first-order valence-corrected chi connectivity index (χ1v) is 10.6. The van der Waals surface area contributed by atoms with Gasteiger partial charge in [-0.2, -0.15) is 0 Å². The number of nitrogens with zero attached hydrogens (tertiary/aromatic N) is 1. The predicted octanol–water partition coefficient (Wildman–Crippen LogP) is 1.41. The molecular formula is C18H24N2O6S. The van der Waals surface area contributed by atoms with Gasteiger partial charge in [0, 0.05) is 26.1 Å². The molecule has 27 heavy (non-hydrogen) atoms. The summed E-state index contributed by atoms with van der Waals surface area (Å²) >= 11 is 0. The fourth-order valence-corrected chi connectivity index (χ4v) is 4.39. The van der Waals surface area contributed by atoms with Crippen molar-refractivity contribution in [2.24, 2.45) is 0 Å². The number of likely N-dealkylation sites (tertiary alicyclic amines) is 1. The number of hydrogen-bond acceptors (Lipinski definition) is 6. The Morgan fingerprint density at radius 2 is 1.96 bits per heavy atom. The fraction of sp³-hybridized carbons (Fsp3) is 0.556. The van der Waals surface area contributed by atoms with E-state index in [0.717, 1.165) is 18.4 Å². The van der Waals surface area contributed by atoms with Crippen molar-refractivity contribution < 1.29 is 27.5 Å². The number of sulfonamides is 1. The molecule has 0 aliphatic carbocycles. The first kappa shape index (κ1) is 19.6. The lowest BCUT2D eigenvalue weighted by atomic mass is 10.1. The molecule has 148 valence electrons. The van der Waals surface area contributed by atoms with Crippen LogP contribution in [0.5, 0.6) is 0 Å². The lowest BCUT2D eigenvalue weighted by Gasteiger charge is -2.37. The number of benzene rings is 1. The highest BCUT2D eigenvalue weighted by molar-refractivity contribution is 7.90. The third kappa shape index (κ3) is 5.43. The zero-order valence-electron chi connectivity index (χ0n) is 15.0. The summed E-state index contributed by atoms with van der Waals surface area (Å²) in [7, 11) is -3.79. The average Bonchev–Trinajstić information content (AvgIpc) is 3.10. The van der Waals surface area contributed by atoms with Crippen LogP contribution >= 0.6 is 0 Å². The van der Waals surface area contributed by atoms with Crippen LogP contribution in [0.4, 0.5) is 4.79 Å². The lowest BCUT2D eigenvalue weighted by molar-refractivity contribution is -0.120. The predicted molar refractivity (Wildman–Crippen MR) is 97.3 cm³/mol. The number of carbonyl (C=O) groups excluding carboxylic acids is 2. The molecule has 2 fully saturated rings. The Morgan fingerprint density at radius 3 is 2.63 bits per heavy atom. The van der Waals surface area contributed by atoms with Crippen LogP contribution in [0.3, 0.4) is 0 Å². The molecule has 0 radical (unpaired) electrons. The molecule has 2 saturated heterocycles. The minimum atomic E-state index is -3.79. The van der Waals surface area contributed by atoms with Crippen LogP contribution in [-0.2, 0) is 30.9 Å². The van der Waals surface area contributed by atoms with E-state index >= 15 is 0 Å². The molecule has 8 nitrogen and oxygen atoms in total. The number of hydrogen-bond donors (Lipinski definition) is 1. The van der Waals surface area contributed by atoms with Crippen molar-refractivity contribution in [2.75, 3.05) is 19.7 Å². The van der Waals surface area contributed by atoms with Gasteiger partial charge in [-0.25, -0.2) is 13.2 Å². The van der Waals surface area contributed by atoms with Gasteiger partial charge in [0.2, 0.25) is 15.9 Å². The molecule has 0 bridgehead atoms. The Balaban J connectivity index is 1.38. The molecule has 1 atom stereocenters. The first-order chi connectivity index (χ1) is 12.9. The van der Waals surface area contributed by atoms with E-state index in [1.54, 1.807) is 0 Å². The number of carbonyl (C=O) groups is 2. The number of nitrogens with one attached hydrogen (secondary N) is 1. The van der Waals surface area contributed by atoms with Gasteiger partial charge in [-0.3, -0.25) is 9.52 Å². The van der Waals surface area contributed by atoms with E-state index in [4.69, 9.17) is 9.47 Å². The molecule has 2 aliphatic rings. The molecule has 2 amide bonds. The van der Waals surface area contributed by atoms with Gasteiger partial charge in [0.25, 0.3) is 0 Å². The van der Waals surface area contributed by atoms with Gasteiger partial charge in [-0.05, 0) is 24.8 Å². The minimum absolute atomic E-state index is 0.0158. The topological polar surface area (TPSA) is 102 Å². The lowest BCUT2D eigenvalue weighted by Crippen LogP contribution is -2.60. The number of amides is 2. The molecule has 1 aromatic carbocycles. The quantitative estimate of drug-likeness (QED) is 0.748. The highest BCUT2D eigenvalue weighted by Gasteiger charge is 2.41. The van der Waals surface area contributed by atoms with Crippen LogP contribution in [0, 0.1) is 0 Å². The van der Waals surface area contributed by atoms with Gasteiger partial charge >= 0.3 is 6.09 Å². The van der Waals surface area contributed by atoms with E-state index in [2.05, 4.69) is 4.72 Å². The fourth-order valence-electron chi connectivity index (χ4n) is 3.05. The molecule has 0 unspecified atom stereocenters. The Bertz CT molecular complexity index is 755. The normalized spacial score (nSPS) is 20.1. The van der Waals surface area contributed by atoms with Crippen LogP contribution in [-0.4, -0.2) is 56.4 Å². The maximum Gasteiger partial charge on any atom is 0.410 e. The molecular weight excluding hydrogens is 372 g/mol. The molecule has 2 heterocycles. The molecule has 9 heteroatoms. The number of ether oxygens (including phenoxy) is 2. The smallest absolute Gasteiger partial charge is 0.410 e. The van der Waals surface area contributed by atoms with Crippen molar-refractivity contribution in [1.82, 2.24) is 9.62 Å². The maximum absolute atomic E-state index is 12.2. The summed E-state index contributed by atoms with van der Waals surface area (Å²) in [5.41, 5.74) is 0.856. The number of rotatable bonds is 7. The summed E-state index contributed by atoms with van der Waals surface area (Å²) in [4.78, 5) is 25.1. The largest absolute Gasteiger partial charge is 0.445 e. The molecule has 2 aliphatic heterocycles. The van der Waals surface area contributed by atoms with Crippen molar-refractivity contribution in [2.45, 2.75) is 43.6 Å². The van der Waals surface area contributed by atoms with Gasteiger partial charge in [-0.15, -0.1) is 0 Å². The van der Waals surface area contributed by atoms with Crippen LogP contribution < -0.4 is 4.72 Å². The summed E-state index contributed by atoms with van der Waals surface area (Å²) < 4.78 is 37.1. The third-order valence-corrected chi connectivity index (χ3v) is 6.41. The summed E-state index contributed by atoms with van der Waals surface area (Å²) in [6, 6.07) is 9.23. The highest BCUT2D eigenvalue weighted by atomic mass is 32.2. The zero-order valence-corrected chi connectivity index (χ0v) is 15.8. The van der Waals surface area contributed by atoms with Crippen molar-refractivity contribution in [3.8, 4) is 0 Å². The average molecular weight is 396 g/mol. The van der Waals surface area contributed by atoms with Crippen molar-refractivity contribution in [3.05, 3.63) is 35.9 Å². The van der Waals surface area contributed by atoms with Gasteiger partial charge < -0.3 is 14.4 Å². The summed E-state index contributed by atoms with van der Waals surface area (Å²) in [6.07, 6.45) is 1.99. The first-order valence-electron chi connectivity index (χ1n) is 9.06. The molecule has 0 saturated carbocycles. The van der Waals surface area contributed by atoms with E-state index in [9.17, 15) is 18.0 Å². The summed E-state index contributed by atoms with van der Waals surface area (Å²) in [6.45, 7) is 0.861. The van der Waals surface area contributed by atoms with Crippen LogP contribution in [0.1, 0.15) is 31.2 Å². The molecule has 0 aromatic heterocycles. The monoisotopic (exact) mass is 396 g/mol. The third-order valence-electron chi connectivity index (χ3n) is 4.72. The van der Waals surface area contributed by atoms with Crippen LogP contribution in [0.2, 0.25) is 0 Å². The second-order valence-electron chi connectivity index (χ2n) is 6.81. The zero-order chi connectivity index (χ0) is 19.3.